The van der Waals surface area contributed by atoms with Gasteiger partial charge in [-0.05, 0) is 60.2 Å². The number of benzene rings is 5. The third kappa shape index (κ3) is 10.8. The number of carbonyl (C=O) groups excluding carboxylic acids is 2. The largest absolute Gasteiger partial charge is 0.587 e. The number of amides is 1. The molecule has 59 heavy (non-hydrogen) atoms. The van der Waals surface area contributed by atoms with Crippen molar-refractivity contribution < 1.29 is 42.4 Å². The Morgan fingerprint density at radius 2 is 1.47 bits per heavy atom. The monoisotopic (exact) mass is 820 g/mol. The van der Waals surface area contributed by atoms with Gasteiger partial charge in [-0.25, -0.2) is 13.9 Å². The molecule has 3 N–H and O–H groups in total. The molecular weight excluding hydrogens is 769 g/mol. The summed E-state index contributed by atoms with van der Waals surface area (Å²) >= 11 is 0. The fourth-order valence-electron chi connectivity index (χ4n) is 7.15. The Kier molecular flexibility index (Phi) is 13.9. The molecule has 4 aromatic rings. The van der Waals surface area contributed by atoms with E-state index < -0.39 is 19.8 Å². The van der Waals surface area contributed by atoms with Crippen LogP contribution in [0.15, 0.2) is 101 Å². The number of carboxylic acids is 1. The molecule has 0 radical (unpaired) electrons. The van der Waals surface area contributed by atoms with E-state index in [1.54, 1.807) is 36.4 Å². The van der Waals surface area contributed by atoms with E-state index in [0.717, 1.165) is 77.9 Å². The molecule has 1 heterocycles. The molecular formula is C46H51N3O9P+. The predicted molar refractivity (Wildman–Crippen MR) is 231 cm³/mol. The van der Waals surface area contributed by atoms with Crippen LogP contribution in [0, 0.1) is 0 Å². The SMILES string of the molecule is CN(C)c1ccc2c(-c3ccc(C(=O)NCCCCCCCCCCC(=O)OP(=O)(O)Oc4cccc5ccccc45)cc3C(=O)O)c3ccc(=[N+](C)C)cc-3oc2c1. The number of hydrogen-bond acceptors (Lipinski definition) is 8. The van der Waals surface area contributed by atoms with E-state index in [2.05, 4.69) is 5.32 Å². The number of carbonyl (C=O) groups is 3. The molecule has 1 atom stereocenters. The number of hydrogen-bond donors (Lipinski definition) is 3. The summed E-state index contributed by atoms with van der Waals surface area (Å²) in [6.45, 7) is 0.460. The van der Waals surface area contributed by atoms with E-state index in [1.807, 2.05) is 92.3 Å². The Balaban J connectivity index is 0.953. The summed E-state index contributed by atoms with van der Waals surface area (Å²) in [5.41, 5.74) is 3.84. The van der Waals surface area contributed by atoms with Crippen LogP contribution in [0.4, 0.5) is 5.69 Å². The first-order valence-electron chi connectivity index (χ1n) is 19.9. The maximum absolute atomic E-state index is 13.2. The zero-order valence-corrected chi connectivity index (χ0v) is 34.8. The molecule has 4 aromatic carbocycles. The number of unbranched alkanes of at least 4 members (excludes halogenated alkanes) is 7. The first-order chi connectivity index (χ1) is 28.3. The molecule has 2 aliphatic rings. The summed E-state index contributed by atoms with van der Waals surface area (Å²) in [4.78, 5) is 50.3. The van der Waals surface area contributed by atoms with Crippen LogP contribution in [0.2, 0.25) is 0 Å². The van der Waals surface area contributed by atoms with Gasteiger partial charge in [0, 0.05) is 72.3 Å². The molecule has 0 saturated carbocycles. The van der Waals surface area contributed by atoms with Crippen LogP contribution in [-0.4, -0.2) is 62.6 Å². The van der Waals surface area contributed by atoms with Gasteiger partial charge in [-0.15, -0.1) is 0 Å². The highest BCUT2D eigenvalue weighted by Crippen LogP contribution is 2.46. The van der Waals surface area contributed by atoms with Gasteiger partial charge in [0.15, 0.2) is 0 Å². The Morgan fingerprint density at radius 1 is 0.780 bits per heavy atom. The van der Waals surface area contributed by atoms with Crippen molar-refractivity contribution in [3.63, 3.8) is 0 Å². The van der Waals surface area contributed by atoms with Crippen LogP contribution < -0.4 is 24.7 Å². The summed E-state index contributed by atoms with van der Waals surface area (Å²) in [6.07, 6.45) is 6.89. The van der Waals surface area contributed by atoms with Crippen molar-refractivity contribution in [2.24, 2.45) is 0 Å². The minimum atomic E-state index is -4.63. The van der Waals surface area contributed by atoms with Gasteiger partial charge < -0.3 is 28.8 Å². The quantitative estimate of drug-likeness (QED) is 0.0331. The van der Waals surface area contributed by atoms with Crippen LogP contribution in [0.25, 0.3) is 44.2 Å². The van der Waals surface area contributed by atoms with Gasteiger partial charge in [0.2, 0.25) is 5.36 Å². The van der Waals surface area contributed by atoms with Crippen LogP contribution in [0.1, 0.15) is 78.5 Å². The molecule has 0 saturated heterocycles. The average molecular weight is 821 g/mol. The summed E-state index contributed by atoms with van der Waals surface area (Å²) in [5, 5.41) is 16.5. The summed E-state index contributed by atoms with van der Waals surface area (Å²) in [6, 6.07) is 28.9. The Hall–Kier alpha value is -5.97. The Bertz CT molecular complexity index is 2570. The minimum Gasteiger partial charge on any atom is -0.478 e. The second kappa shape index (κ2) is 19.2. The number of nitrogens with zero attached hydrogens (tertiary/aromatic N) is 2. The van der Waals surface area contributed by atoms with Crippen molar-refractivity contribution in [3.8, 4) is 28.2 Å². The van der Waals surface area contributed by atoms with Gasteiger partial charge in [-0.1, -0.05) is 81.0 Å². The lowest BCUT2D eigenvalue weighted by molar-refractivity contribution is -0.135. The highest BCUT2D eigenvalue weighted by atomic mass is 31.2. The van der Waals surface area contributed by atoms with E-state index in [-0.39, 0.29) is 29.2 Å². The van der Waals surface area contributed by atoms with Crippen molar-refractivity contribution in [2.45, 2.75) is 57.8 Å². The summed E-state index contributed by atoms with van der Waals surface area (Å²) in [5.74, 6) is -1.46. The van der Waals surface area contributed by atoms with Gasteiger partial charge in [0.25, 0.3) is 5.91 Å². The minimum absolute atomic E-state index is 0.0196. The van der Waals surface area contributed by atoms with Gasteiger partial charge in [-0.2, -0.15) is 0 Å². The fourth-order valence-corrected chi connectivity index (χ4v) is 7.94. The fraction of sp³-hybridized carbons (Fsp3) is 0.304. The third-order valence-electron chi connectivity index (χ3n) is 10.3. The van der Waals surface area contributed by atoms with E-state index in [1.165, 1.54) is 6.07 Å². The van der Waals surface area contributed by atoms with Crippen molar-refractivity contribution in [3.05, 3.63) is 114 Å². The summed E-state index contributed by atoms with van der Waals surface area (Å²) in [7, 11) is 3.16. The molecule has 1 unspecified atom stereocenters. The number of rotatable bonds is 18. The van der Waals surface area contributed by atoms with E-state index >= 15 is 0 Å². The molecule has 1 aliphatic heterocycles. The highest BCUT2D eigenvalue weighted by Gasteiger charge is 2.29. The van der Waals surface area contributed by atoms with Crippen molar-refractivity contribution in [2.75, 3.05) is 39.6 Å². The zero-order valence-electron chi connectivity index (χ0n) is 33.9. The Labute approximate surface area is 343 Å². The standard InChI is InChI=1S/C46H50N3O9P/c1-48(2)33-22-25-37-41(29-33)56-42-30-34(49(3)4)23-26-38(42)44(37)36-24-21-32(28-39(36)46(52)53)45(51)47-27-14-10-8-6-5-7-9-11-20-43(50)58-59(54,55)57-40-19-15-17-31-16-12-13-18-35(31)40/h12-13,15-19,21-26,28-30H,5-11,14,20,27H2,1-4H3,(H2-,47,51,52,53,54,55)/p+1. The average Bonchev–Trinajstić information content (AvgIpc) is 3.20. The molecule has 6 rings (SSSR count). The molecule has 0 aromatic heterocycles. The Morgan fingerprint density at radius 3 is 2.20 bits per heavy atom. The van der Waals surface area contributed by atoms with Crippen molar-refractivity contribution in [1.29, 1.82) is 0 Å². The number of carboxylic acid groups (broad SMARTS) is 1. The second-order valence-corrected chi connectivity index (χ2v) is 16.3. The number of aromatic carboxylic acids is 1. The summed E-state index contributed by atoms with van der Waals surface area (Å²) < 4.78 is 30.9. The van der Waals surface area contributed by atoms with Crippen LogP contribution >= 0.6 is 7.82 Å². The molecule has 0 fully saturated rings. The lowest BCUT2D eigenvalue weighted by Crippen LogP contribution is -2.24. The van der Waals surface area contributed by atoms with Crippen molar-refractivity contribution >= 4 is 53.1 Å². The zero-order chi connectivity index (χ0) is 42.1. The molecule has 13 heteroatoms. The van der Waals surface area contributed by atoms with Gasteiger partial charge >= 0.3 is 19.8 Å². The lowest BCUT2D eigenvalue weighted by atomic mass is 9.89. The smallest absolute Gasteiger partial charge is 0.478 e. The topological polar surface area (TPSA) is 159 Å². The van der Waals surface area contributed by atoms with E-state index in [4.69, 9.17) is 13.5 Å². The molecule has 308 valence electrons. The highest BCUT2D eigenvalue weighted by molar-refractivity contribution is 7.48. The van der Waals surface area contributed by atoms with Gasteiger partial charge in [-0.3, -0.25) is 14.5 Å². The number of anilines is 1. The third-order valence-corrected chi connectivity index (χ3v) is 11.1. The number of fused-ring (bicyclic) bond motifs is 3. The molecule has 1 amide bonds. The van der Waals surface area contributed by atoms with Crippen molar-refractivity contribution in [1.82, 2.24) is 9.89 Å². The maximum Gasteiger partial charge on any atom is 0.587 e. The normalized spacial score (nSPS) is 12.3. The predicted octanol–water partition coefficient (Wildman–Crippen LogP) is 9.12. The van der Waals surface area contributed by atoms with Crippen LogP contribution in [-0.2, 0) is 13.9 Å². The molecule has 0 bridgehead atoms. The first-order valence-corrected chi connectivity index (χ1v) is 21.4. The van der Waals surface area contributed by atoms with Crippen LogP contribution in [0.5, 0.6) is 5.75 Å². The molecule has 12 nitrogen and oxygen atoms in total. The van der Waals surface area contributed by atoms with Gasteiger partial charge in [0.1, 0.15) is 31.2 Å². The number of phosphoric ester groups is 1. The van der Waals surface area contributed by atoms with Crippen LogP contribution in [0.3, 0.4) is 0 Å². The number of phosphoric acid groups is 1. The second-order valence-electron chi connectivity index (χ2n) is 15.0. The lowest BCUT2D eigenvalue weighted by Gasteiger charge is -2.19. The first kappa shape index (κ1) is 42.6. The molecule has 0 spiro atoms. The van der Waals surface area contributed by atoms with Gasteiger partial charge in [0.05, 0.1) is 11.6 Å². The van der Waals surface area contributed by atoms with E-state index in [9.17, 15) is 28.9 Å². The van der Waals surface area contributed by atoms with E-state index in [0.29, 0.717) is 35.3 Å². The molecule has 1 aliphatic carbocycles. The maximum atomic E-state index is 13.2. The number of nitrogens with one attached hydrogen (secondary N) is 1.